The van der Waals surface area contributed by atoms with Gasteiger partial charge in [0.15, 0.2) is 0 Å². The second-order valence-electron chi connectivity index (χ2n) is 6.73. The van der Waals surface area contributed by atoms with E-state index in [2.05, 4.69) is 4.90 Å². The van der Waals surface area contributed by atoms with Crippen LogP contribution >= 0.6 is 12.4 Å². The Morgan fingerprint density at radius 2 is 1.74 bits per heavy atom. The van der Waals surface area contributed by atoms with E-state index in [0.717, 1.165) is 37.2 Å². The monoisotopic (exact) mass is 391 g/mol. The third-order valence-corrected chi connectivity index (χ3v) is 4.99. The van der Waals surface area contributed by atoms with E-state index in [1.807, 2.05) is 60.7 Å². The van der Waals surface area contributed by atoms with Gasteiger partial charge >= 0.3 is 0 Å². The summed E-state index contributed by atoms with van der Waals surface area (Å²) in [6.07, 6.45) is 0.469. The predicted octanol–water partition coefficient (Wildman–Crippen LogP) is 4.05. The van der Waals surface area contributed by atoms with Crippen molar-refractivity contribution in [2.75, 3.05) is 24.5 Å². The molecule has 1 saturated heterocycles. The lowest BCUT2D eigenvalue weighted by Gasteiger charge is -2.39. The number of hydrogen-bond acceptors (Lipinski definition) is 3. The van der Waals surface area contributed by atoms with Crippen molar-refractivity contribution < 1.29 is 14.0 Å². The number of carbonyl (C=O) groups excluding carboxylic acids is 1. The Labute approximate surface area is 172 Å². The molecule has 0 spiro atoms. The van der Waals surface area contributed by atoms with Crippen LogP contribution in [0.4, 0.5) is 5.69 Å². The Balaban J connectivity index is 0.00000320. The molecule has 1 heterocycles. The maximum absolute atomic E-state index is 12.8. The normalized spacial score (nSPS) is 18.5. The highest BCUT2D eigenvalue weighted by Crippen LogP contribution is 2.25. The molecule has 0 aromatic heterocycles. The minimum absolute atomic E-state index is 0. The number of nitrogens with zero attached hydrogens (tertiary/aromatic N) is 2. The number of aliphatic hydroxyl groups is 1. The molecule has 2 aromatic carbocycles. The Hall–Kier alpha value is -1.88. The van der Waals surface area contributed by atoms with Gasteiger partial charge in [-0.2, -0.15) is 0 Å². The fourth-order valence-electron chi connectivity index (χ4n) is 3.62. The van der Waals surface area contributed by atoms with Gasteiger partial charge in [-0.05, 0) is 30.5 Å². The average molecular weight is 392 g/mol. The Kier molecular flexibility index (Phi) is 6.67. The minimum Gasteiger partial charge on any atom is -0.387 e. The zero-order valence-electron chi connectivity index (χ0n) is 18.3. The highest BCUT2D eigenvalue weighted by molar-refractivity contribution is 5.93. The van der Waals surface area contributed by atoms with Crippen LogP contribution in [0.15, 0.2) is 60.7 Å². The molecule has 1 atom stereocenters. The lowest BCUT2D eigenvalue weighted by Crippen LogP contribution is -2.48. The largest absolute Gasteiger partial charge is 0.387 e. The van der Waals surface area contributed by atoms with Gasteiger partial charge in [-0.25, -0.2) is 0 Å². The molecule has 1 aliphatic rings. The van der Waals surface area contributed by atoms with Crippen LogP contribution in [0, 0.1) is 0 Å². The van der Waals surface area contributed by atoms with Gasteiger partial charge in [-0.1, -0.05) is 55.4 Å². The molecule has 5 heteroatoms. The summed E-state index contributed by atoms with van der Waals surface area (Å²) in [4.78, 5) is 16.7. The van der Waals surface area contributed by atoms with Gasteiger partial charge in [-0.3, -0.25) is 4.79 Å². The molecule has 1 fully saturated rings. The molecule has 2 aromatic rings. The van der Waals surface area contributed by atoms with Gasteiger partial charge in [0.05, 0.1) is 6.10 Å². The maximum atomic E-state index is 12.8. The second-order valence-corrected chi connectivity index (χ2v) is 6.73. The van der Waals surface area contributed by atoms with Crippen molar-refractivity contribution in [3.8, 4) is 0 Å². The summed E-state index contributed by atoms with van der Waals surface area (Å²) < 4.78 is 22.4. The van der Waals surface area contributed by atoms with E-state index in [9.17, 15) is 9.90 Å². The van der Waals surface area contributed by atoms with Crippen molar-refractivity contribution in [2.45, 2.75) is 38.3 Å². The first-order valence-corrected chi connectivity index (χ1v) is 9.16. The van der Waals surface area contributed by atoms with Crippen molar-refractivity contribution in [2.24, 2.45) is 0 Å². The number of β-amino-alcohol motifs (C(OH)–C–C–N with tert-alkyl or cyclic N) is 1. The number of anilines is 1. The Morgan fingerprint density at radius 3 is 2.33 bits per heavy atom. The molecule has 0 aliphatic carbocycles. The quantitative estimate of drug-likeness (QED) is 0.807. The van der Waals surface area contributed by atoms with E-state index < -0.39 is 19.4 Å². The Morgan fingerprint density at radius 1 is 1.15 bits per heavy atom. The third kappa shape index (κ3) is 5.55. The lowest BCUT2D eigenvalue weighted by molar-refractivity contribution is -0.119. The van der Waals surface area contributed by atoms with E-state index in [0.29, 0.717) is 6.54 Å². The standard InChI is InChI=1S/C22H28N2O2.ClH/c1-2-22(26)24(19-11-7-4-8-12-19)20-13-15-23(16-14-20)17-21(25)18-9-5-3-6-10-18;/h3-12,20-21,25H,2,13-17H2,1H3;1H/i1D3;. The number of carbonyl (C=O) groups is 1. The first-order valence-electron chi connectivity index (χ1n) is 10.7. The number of rotatable bonds is 6. The SMILES string of the molecule is Cl.[2H]C([2H])([2H])CC(=O)N(c1ccccc1)C1CCN(CC(O)c2ccccc2)CC1. The van der Waals surface area contributed by atoms with E-state index >= 15 is 0 Å². The summed E-state index contributed by atoms with van der Waals surface area (Å²) in [5.74, 6) is -0.362. The van der Waals surface area contributed by atoms with Crippen molar-refractivity contribution in [3.05, 3.63) is 66.2 Å². The molecule has 146 valence electrons. The molecule has 0 saturated carbocycles. The van der Waals surface area contributed by atoms with Crippen molar-refractivity contribution in [3.63, 3.8) is 0 Å². The van der Waals surface area contributed by atoms with E-state index in [1.165, 1.54) is 0 Å². The molecule has 4 nitrogen and oxygen atoms in total. The molecule has 1 amide bonds. The van der Waals surface area contributed by atoms with Crippen molar-refractivity contribution >= 4 is 24.0 Å². The van der Waals surface area contributed by atoms with Crippen LogP contribution in [0.1, 0.15) is 41.9 Å². The molecule has 1 unspecified atom stereocenters. The van der Waals surface area contributed by atoms with Crippen LogP contribution in [0.25, 0.3) is 0 Å². The number of benzene rings is 2. The van der Waals surface area contributed by atoms with Gasteiger partial charge < -0.3 is 14.9 Å². The highest BCUT2D eigenvalue weighted by atomic mass is 35.5. The molecule has 1 aliphatic heterocycles. The van der Waals surface area contributed by atoms with Crippen LogP contribution in [-0.2, 0) is 4.79 Å². The third-order valence-electron chi connectivity index (χ3n) is 4.99. The second kappa shape index (κ2) is 10.5. The van der Waals surface area contributed by atoms with Gasteiger partial charge in [0.1, 0.15) is 0 Å². The molecule has 0 bridgehead atoms. The predicted molar refractivity (Wildman–Crippen MR) is 112 cm³/mol. The molecule has 27 heavy (non-hydrogen) atoms. The molecular formula is C22H29ClN2O2. The van der Waals surface area contributed by atoms with Gasteiger partial charge in [-0.15, -0.1) is 12.4 Å². The topological polar surface area (TPSA) is 43.8 Å². The van der Waals surface area contributed by atoms with Crippen LogP contribution < -0.4 is 4.90 Å². The fourth-order valence-corrected chi connectivity index (χ4v) is 3.62. The summed E-state index contributed by atoms with van der Waals surface area (Å²) >= 11 is 0. The molecule has 1 N–H and O–H groups in total. The average Bonchev–Trinajstić information content (AvgIpc) is 2.69. The number of likely N-dealkylation sites (tertiary alicyclic amines) is 1. The van der Waals surface area contributed by atoms with Gasteiger partial charge in [0.25, 0.3) is 0 Å². The maximum Gasteiger partial charge on any atom is 0.226 e. The number of halogens is 1. The van der Waals surface area contributed by atoms with Crippen molar-refractivity contribution in [1.29, 1.82) is 0 Å². The van der Waals surface area contributed by atoms with Crippen LogP contribution in [0.3, 0.4) is 0 Å². The molecular weight excluding hydrogens is 360 g/mol. The summed E-state index contributed by atoms with van der Waals surface area (Å²) in [7, 11) is 0. The summed E-state index contributed by atoms with van der Waals surface area (Å²) in [5.41, 5.74) is 1.64. The number of hydrogen-bond donors (Lipinski definition) is 1. The number of amides is 1. The van der Waals surface area contributed by atoms with E-state index in [1.54, 1.807) is 4.90 Å². The van der Waals surface area contributed by atoms with Gasteiger partial charge in [0.2, 0.25) is 5.91 Å². The summed E-state index contributed by atoms with van der Waals surface area (Å²) in [6.45, 7) is -0.242. The van der Waals surface area contributed by atoms with Crippen LogP contribution in [-0.4, -0.2) is 41.6 Å². The van der Waals surface area contributed by atoms with Crippen LogP contribution in [0.5, 0.6) is 0 Å². The number of piperidine rings is 1. The van der Waals surface area contributed by atoms with Crippen molar-refractivity contribution in [1.82, 2.24) is 4.90 Å². The minimum atomic E-state index is -2.29. The van der Waals surface area contributed by atoms with E-state index in [-0.39, 0.29) is 24.4 Å². The zero-order valence-corrected chi connectivity index (χ0v) is 16.1. The fraction of sp³-hybridized carbons (Fsp3) is 0.409. The summed E-state index contributed by atoms with van der Waals surface area (Å²) in [5, 5.41) is 10.5. The zero-order chi connectivity index (χ0) is 20.9. The highest BCUT2D eigenvalue weighted by Gasteiger charge is 2.29. The summed E-state index contributed by atoms with van der Waals surface area (Å²) in [6, 6.07) is 18.8. The van der Waals surface area contributed by atoms with E-state index in [4.69, 9.17) is 4.11 Å². The first-order chi connectivity index (χ1) is 13.8. The van der Waals surface area contributed by atoms with Gasteiger partial charge in [0, 0.05) is 41.9 Å². The number of aliphatic hydroxyl groups excluding tert-OH is 1. The van der Waals surface area contributed by atoms with Crippen LogP contribution in [0.2, 0.25) is 0 Å². The molecule has 3 rings (SSSR count). The lowest BCUT2D eigenvalue weighted by atomic mass is 10.0. The molecule has 0 radical (unpaired) electrons. The first kappa shape index (κ1) is 17.2. The number of para-hydroxylation sites is 1. The smallest absolute Gasteiger partial charge is 0.226 e. The Bertz CT molecular complexity index is 782.